The van der Waals surface area contributed by atoms with Gasteiger partial charge in [0, 0.05) is 62.3 Å². The van der Waals surface area contributed by atoms with Gasteiger partial charge in [-0.25, -0.2) is 0 Å². The Balaban J connectivity index is 1.84. The second kappa shape index (κ2) is 9.03. The number of carbonyl (C=O) groups excluding carboxylic acids is 2. The van der Waals surface area contributed by atoms with Gasteiger partial charge in [0.25, 0.3) is 0 Å². The first-order valence-electron chi connectivity index (χ1n) is 8.05. The molecule has 1 saturated heterocycles. The summed E-state index contributed by atoms with van der Waals surface area (Å²) in [6.45, 7) is 5.60. The van der Waals surface area contributed by atoms with E-state index in [9.17, 15) is 9.59 Å². The van der Waals surface area contributed by atoms with Crippen LogP contribution in [0.3, 0.4) is 0 Å². The molecule has 0 aromatic carbocycles. The molecule has 0 atom stereocenters. The highest BCUT2D eigenvalue weighted by Gasteiger charge is 2.16. The first-order valence-corrected chi connectivity index (χ1v) is 9.20. The average molecular weight is 335 g/mol. The van der Waals surface area contributed by atoms with Crippen LogP contribution in [0.5, 0.6) is 0 Å². The van der Waals surface area contributed by atoms with Crippen LogP contribution in [0.4, 0.5) is 5.69 Å². The Labute approximate surface area is 142 Å². The van der Waals surface area contributed by atoms with E-state index in [-0.39, 0.29) is 11.6 Å². The van der Waals surface area contributed by atoms with Crippen molar-refractivity contribution in [3.05, 3.63) is 24.0 Å². The highest BCUT2D eigenvalue weighted by Crippen LogP contribution is 2.18. The van der Waals surface area contributed by atoms with E-state index in [0.717, 1.165) is 43.4 Å². The van der Waals surface area contributed by atoms with Gasteiger partial charge in [-0.1, -0.05) is 0 Å². The van der Waals surface area contributed by atoms with E-state index in [1.54, 1.807) is 24.9 Å². The standard InChI is InChI=1S/C17H25N3O2S/c1-14(21)3-9-23-10-4-17(22)15-11-16(13-18-12-15)20-7-5-19(2)6-8-20/h11-13H,3-10H2,1-2H3. The molecule has 1 aliphatic heterocycles. The molecule has 126 valence electrons. The minimum absolute atomic E-state index is 0.129. The number of pyridine rings is 1. The first-order chi connectivity index (χ1) is 11.1. The van der Waals surface area contributed by atoms with Gasteiger partial charge in [-0.05, 0) is 20.0 Å². The Morgan fingerprint density at radius 1 is 1.13 bits per heavy atom. The fourth-order valence-corrected chi connectivity index (χ4v) is 3.41. The molecule has 0 saturated carbocycles. The number of anilines is 1. The summed E-state index contributed by atoms with van der Waals surface area (Å²) in [7, 11) is 2.12. The van der Waals surface area contributed by atoms with Crippen molar-refractivity contribution in [3.63, 3.8) is 0 Å². The molecule has 1 aromatic rings. The molecule has 0 spiro atoms. The van der Waals surface area contributed by atoms with Gasteiger partial charge in [0.05, 0.1) is 11.9 Å². The minimum Gasteiger partial charge on any atom is -0.368 e. The molecule has 0 radical (unpaired) electrons. The fourth-order valence-electron chi connectivity index (χ4n) is 2.45. The average Bonchev–Trinajstić information content (AvgIpc) is 2.55. The van der Waals surface area contributed by atoms with E-state index in [2.05, 4.69) is 21.8 Å². The number of carbonyl (C=O) groups is 2. The van der Waals surface area contributed by atoms with Gasteiger partial charge >= 0.3 is 0 Å². The maximum atomic E-state index is 12.3. The molecule has 0 aliphatic carbocycles. The van der Waals surface area contributed by atoms with Gasteiger partial charge < -0.3 is 9.80 Å². The van der Waals surface area contributed by atoms with Crippen LogP contribution >= 0.6 is 11.8 Å². The molecule has 1 aromatic heterocycles. The minimum atomic E-state index is 0.129. The molecule has 0 N–H and O–H groups in total. The SMILES string of the molecule is CC(=O)CCSCCC(=O)c1cncc(N2CCN(C)CC2)c1. The molecule has 5 nitrogen and oxygen atoms in total. The Kier molecular flexibility index (Phi) is 7.05. The van der Waals surface area contributed by atoms with E-state index < -0.39 is 0 Å². The van der Waals surface area contributed by atoms with Gasteiger partial charge in [0.2, 0.25) is 0 Å². The molecule has 2 rings (SSSR count). The Hall–Kier alpha value is -1.40. The monoisotopic (exact) mass is 335 g/mol. The molecule has 2 heterocycles. The molecule has 1 aliphatic rings. The largest absolute Gasteiger partial charge is 0.368 e. The summed E-state index contributed by atoms with van der Waals surface area (Å²) in [5.74, 6) is 1.88. The number of hydrogen-bond acceptors (Lipinski definition) is 6. The second-order valence-electron chi connectivity index (χ2n) is 5.96. The third-order valence-electron chi connectivity index (χ3n) is 3.99. The van der Waals surface area contributed by atoms with Crippen LogP contribution in [-0.4, -0.2) is 66.2 Å². The predicted octanol–water partition coefficient (Wildman–Crippen LogP) is 2.12. The topological polar surface area (TPSA) is 53.5 Å². The number of piperazine rings is 1. The quantitative estimate of drug-likeness (QED) is 0.536. The number of likely N-dealkylation sites (N-methyl/N-ethyl adjacent to an activating group) is 1. The van der Waals surface area contributed by atoms with Crippen molar-refractivity contribution in [2.45, 2.75) is 19.8 Å². The van der Waals surface area contributed by atoms with Crippen LogP contribution in [0.2, 0.25) is 0 Å². The Morgan fingerprint density at radius 3 is 2.52 bits per heavy atom. The van der Waals surface area contributed by atoms with E-state index in [4.69, 9.17) is 0 Å². The normalized spacial score (nSPS) is 15.7. The molecule has 1 fully saturated rings. The lowest BCUT2D eigenvalue weighted by atomic mass is 10.1. The zero-order valence-electron chi connectivity index (χ0n) is 14.0. The van der Waals surface area contributed by atoms with Crippen LogP contribution in [-0.2, 0) is 4.79 Å². The lowest BCUT2D eigenvalue weighted by Crippen LogP contribution is -2.44. The predicted molar refractivity (Wildman–Crippen MR) is 95.5 cm³/mol. The maximum absolute atomic E-state index is 12.3. The van der Waals surface area contributed by atoms with Crippen molar-refractivity contribution < 1.29 is 9.59 Å². The fraction of sp³-hybridized carbons (Fsp3) is 0.588. The van der Waals surface area contributed by atoms with Crippen molar-refractivity contribution in [1.29, 1.82) is 0 Å². The maximum Gasteiger partial charge on any atom is 0.165 e. The van der Waals surface area contributed by atoms with Gasteiger partial charge in [-0.3, -0.25) is 14.6 Å². The smallest absolute Gasteiger partial charge is 0.165 e. The molecule has 23 heavy (non-hydrogen) atoms. The second-order valence-corrected chi connectivity index (χ2v) is 7.18. The number of hydrogen-bond donors (Lipinski definition) is 0. The zero-order chi connectivity index (χ0) is 16.7. The molecule has 0 unspecified atom stereocenters. The number of ketones is 2. The van der Waals surface area contributed by atoms with E-state index in [1.807, 2.05) is 12.3 Å². The van der Waals surface area contributed by atoms with E-state index >= 15 is 0 Å². The lowest BCUT2D eigenvalue weighted by Gasteiger charge is -2.33. The van der Waals surface area contributed by atoms with Crippen LogP contribution in [0.15, 0.2) is 18.5 Å². The summed E-state index contributed by atoms with van der Waals surface area (Å²) in [5, 5.41) is 0. The van der Waals surface area contributed by atoms with Gasteiger partial charge in [0.15, 0.2) is 5.78 Å². The van der Waals surface area contributed by atoms with Crippen molar-refractivity contribution in [2.75, 3.05) is 49.6 Å². The summed E-state index contributed by atoms with van der Waals surface area (Å²) >= 11 is 1.66. The molecule has 0 bridgehead atoms. The Bertz CT molecular complexity index is 542. The highest BCUT2D eigenvalue weighted by molar-refractivity contribution is 7.99. The molecule has 0 amide bonds. The third kappa shape index (κ3) is 5.95. The number of Topliss-reactive ketones (excluding diaryl/α,β-unsaturated/α-hetero) is 2. The van der Waals surface area contributed by atoms with Crippen molar-refractivity contribution >= 4 is 29.0 Å². The van der Waals surface area contributed by atoms with Gasteiger partial charge in [0.1, 0.15) is 5.78 Å². The summed E-state index contributed by atoms with van der Waals surface area (Å²) < 4.78 is 0. The van der Waals surface area contributed by atoms with Crippen LogP contribution < -0.4 is 4.90 Å². The summed E-state index contributed by atoms with van der Waals surface area (Å²) in [6.07, 6.45) is 4.57. The van der Waals surface area contributed by atoms with Crippen LogP contribution in [0.25, 0.3) is 0 Å². The third-order valence-corrected chi connectivity index (χ3v) is 4.97. The number of aromatic nitrogens is 1. The van der Waals surface area contributed by atoms with Crippen LogP contribution in [0.1, 0.15) is 30.1 Å². The number of rotatable bonds is 8. The molecule has 6 heteroatoms. The molecular formula is C17H25N3O2S. The van der Waals surface area contributed by atoms with Crippen LogP contribution in [0, 0.1) is 0 Å². The lowest BCUT2D eigenvalue weighted by molar-refractivity contribution is -0.116. The van der Waals surface area contributed by atoms with E-state index in [1.165, 1.54) is 0 Å². The first kappa shape index (κ1) is 17.9. The van der Waals surface area contributed by atoms with E-state index in [0.29, 0.717) is 18.4 Å². The number of nitrogens with zero attached hydrogens (tertiary/aromatic N) is 3. The van der Waals surface area contributed by atoms with Crippen molar-refractivity contribution in [2.24, 2.45) is 0 Å². The zero-order valence-corrected chi connectivity index (χ0v) is 14.8. The Morgan fingerprint density at radius 2 is 1.83 bits per heavy atom. The molecular weight excluding hydrogens is 310 g/mol. The van der Waals surface area contributed by atoms with Gasteiger partial charge in [-0.15, -0.1) is 0 Å². The summed E-state index contributed by atoms with van der Waals surface area (Å²) in [6, 6.07) is 1.96. The van der Waals surface area contributed by atoms with Gasteiger partial charge in [-0.2, -0.15) is 11.8 Å². The van der Waals surface area contributed by atoms with Crippen molar-refractivity contribution in [1.82, 2.24) is 9.88 Å². The summed E-state index contributed by atoms with van der Waals surface area (Å²) in [4.78, 5) is 32.0. The highest BCUT2D eigenvalue weighted by atomic mass is 32.2. The number of thioether (sulfide) groups is 1. The summed E-state index contributed by atoms with van der Waals surface area (Å²) in [5.41, 5.74) is 1.72. The van der Waals surface area contributed by atoms with Crippen molar-refractivity contribution in [3.8, 4) is 0 Å².